The summed E-state index contributed by atoms with van der Waals surface area (Å²) in [6.07, 6.45) is 0.388. The van der Waals surface area contributed by atoms with E-state index < -0.39 is 13.1 Å². The van der Waals surface area contributed by atoms with Gasteiger partial charge in [-0.1, -0.05) is 148 Å². The van der Waals surface area contributed by atoms with E-state index in [0.29, 0.717) is 19.5 Å². The molecule has 0 unspecified atom stereocenters. The standard InChI is InChI=1S/C21H18FNO.C14H12O2.C7H8FN.CH3F.2CH4/c22-20-8-4-5-17(13-20)15-23-21(24)14-16-9-11-19(12-10-16)18-6-2-1-3-7-18;15-14(16)10-11-6-8-13(9-7-11)12-4-2-1-3-5-12;8-7-3-1-2-6(4-7)5-9;1-2;;/h1-13H,14-15H2,(H,23,24);1-9H,10H2,(H,15,16);1-4H,5,9H2;1H3;2*1H4/i;;;1D;;. The number of halogens is 3. The first-order valence-corrected chi connectivity index (χ1v) is 16.0. The fourth-order valence-electron chi connectivity index (χ4n) is 4.83. The van der Waals surface area contributed by atoms with Gasteiger partial charge in [-0.3, -0.25) is 14.0 Å². The molecule has 0 saturated heterocycles. The molecule has 0 saturated carbocycles. The topological polar surface area (TPSA) is 92.4 Å². The fraction of sp³-hybridized carbons (Fsp3) is 0.156. The van der Waals surface area contributed by atoms with Crippen molar-refractivity contribution in [2.24, 2.45) is 5.73 Å². The van der Waals surface area contributed by atoms with Crippen LogP contribution in [0.1, 0.15) is 38.5 Å². The predicted molar refractivity (Wildman–Crippen MR) is 212 cm³/mol. The highest BCUT2D eigenvalue weighted by molar-refractivity contribution is 5.79. The van der Waals surface area contributed by atoms with Crippen molar-refractivity contribution >= 4 is 11.9 Å². The Morgan fingerprint density at radius 1 is 0.585 bits per heavy atom. The van der Waals surface area contributed by atoms with E-state index in [-0.39, 0.29) is 38.8 Å². The average molecular weight is 724 g/mol. The van der Waals surface area contributed by atoms with E-state index in [1.165, 1.54) is 24.3 Å². The Bertz CT molecular complexity index is 1930. The molecule has 6 rings (SSSR count). The van der Waals surface area contributed by atoms with Gasteiger partial charge in [0.05, 0.1) is 21.4 Å². The van der Waals surface area contributed by atoms with Crippen molar-refractivity contribution < 1.29 is 29.2 Å². The Morgan fingerprint density at radius 3 is 1.38 bits per heavy atom. The van der Waals surface area contributed by atoms with E-state index in [1.54, 1.807) is 24.3 Å². The van der Waals surface area contributed by atoms with Gasteiger partial charge < -0.3 is 16.2 Å². The van der Waals surface area contributed by atoms with Crippen molar-refractivity contribution in [1.29, 1.82) is 0 Å². The van der Waals surface area contributed by atoms with Gasteiger partial charge in [0, 0.05) is 13.1 Å². The van der Waals surface area contributed by atoms with Gasteiger partial charge in [0.2, 0.25) is 5.91 Å². The molecule has 5 nitrogen and oxygen atoms in total. The molecule has 0 heterocycles. The summed E-state index contributed by atoms with van der Waals surface area (Å²) in [7, 11) is -1.00. The minimum atomic E-state index is -1.00. The molecule has 1 amide bonds. The zero-order chi connectivity index (χ0) is 37.6. The number of hydrogen-bond donors (Lipinski definition) is 3. The SMILES string of the molecule is C.C.NCc1cccc(F)c1.O=C(Cc1ccc(-c2ccccc2)cc1)NCc1cccc(F)c1.O=C(O)Cc1ccc(-c2ccccc2)cc1.[2H]CF. The van der Waals surface area contributed by atoms with Crippen molar-refractivity contribution in [1.82, 2.24) is 5.32 Å². The molecular formula is C45H49F3N2O3. The molecule has 0 spiro atoms. The largest absolute Gasteiger partial charge is 0.481 e. The number of rotatable bonds is 9. The third-order valence-corrected chi connectivity index (χ3v) is 7.35. The van der Waals surface area contributed by atoms with Gasteiger partial charge in [-0.05, 0) is 68.8 Å². The molecule has 0 aliphatic rings. The molecule has 0 aromatic heterocycles. The smallest absolute Gasteiger partial charge is 0.307 e. The van der Waals surface area contributed by atoms with E-state index >= 15 is 0 Å². The van der Waals surface area contributed by atoms with Crippen LogP contribution < -0.4 is 11.1 Å². The molecule has 4 N–H and O–H groups in total. The van der Waals surface area contributed by atoms with Crippen LogP contribution in [0.3, 0.4) is 0 Å². The summed E-state index contributed by atoms with van der Waals surface area (Å²) in [6, 6.07) is 48.2. The summed E-state index contributed by atoms with van der Waals surface area (Å²) in [5.41, 5.74) is 13.1. The molecule has 0 aliphatic carbocycles. The van der Waals surface area contributed by atoms with Crippen molar-refractivity contribution in [2.75, 3.05) is 7.15 Å². The lowest BCUT2D eigenvalue weighted by molar-refractivity contribution is -0.136. The highest BCUT2D eigenvalue weighted by Gasteiger charge is 2.05. The third-order valence-electron chi connectivity index (χ3n) is 7.35. The van der Waals surface area contributed by atoms with Crippen LogP contribution in [-0.2, 0) is 35.5 Å². The number of carbonyl (C=O) groups excluding carboxylic acids is 1. The summed E-state index contributed by atoms with van der Waals surface area (Å²) in [6.45, 7) is 0.733. The molecule has 278 valence electrons. The predicted octanol–water partition coefficient (Wildman–Crippen LogP) is 10.5. The van der Waals surface area contributed by atoms with E-state index in [0.717, 1.165) is 44.5 Å². The van der Waals surface area contributed by atoms with E-state index in [2.05, 4.69) is 17.4 Å². The molecule has 0 bridgehead atoms. The molecule has 6 aromatic carbocycles. The number of carboxylic acids is 1. The number of hydrogen-bond acceptors (Lipinski definition) is 3. The molecule has 0 fully saturated rings. The summed E-state index contributed by atoms with van der Waals surface area (Å²) in [5.74, 6) is -1.39. The number of nitrogens with two attached hydrogens (primary N) is 1. The van der Waals surface area contributed by atoms with E-state index in [9.17, 15) is 22.8 Å². The second-order valence-electron chi connectivity index (χ2n) is 11.1. The van der Waals surface area contributed by atoms with Gasteiger partial charge >= 0.3 is 5.97 Å². The maximum Gasteiger partial charge on any atom is 0.307 e. The van der Waals surface area contributed by atoms with Gasteiger partial charge in [0.25, 0.3) is 0 Å². The third kappa shape index (κ3) is 16.7. The van der Waals surface area contributed by atoms with Crippen LogP contribution >= 0.6 is 0 Å². The van der Waals surface area contributed by atoms with Crippen molar-refractivity contribution in [3.8, 4) is 22.3 Å². The van der Waals surface area contributed by atoms with Crippen LogP contribution in [0.4, 0.5) is 13.2 Å². The van der Waals surface area contributed by atoms with Gasteiger partial charge in [-0.2, -0.15) is 0 Å². The van der Waals surface area contributed by atoms with E-state index in [1.807, 2.05) is 97.1 Å². The molecule has 8 heteroatoms. The normalized spacial score (nSPS) is 9.70. The first kappa shape index (κ1) is 43.2. The number of carbonyl (C=O) groups is 2. The minimum absolute atomic E-state index is 0. The maximum atomic E-state index is 13.1. The van der Waals surface area contributed by atoms with Crippen molar-refractivity contribution in [3.63, 3.8) is 0 Å². The van der Waals surface area contributed by atoms with E-state index in [4.69, 9.17) is 12.2 Å². The molecule has 0 atom stereocenters. The Kier molecular flexibility index (Phi) is 20.4. The lowest BCUT2D eigenvalue weighted by atomic mass is 10.0. The van der Waals surface area contributed by atoms with Gasteiger partial charge in [-0.15, -0.1) is 0 Å². The monoisotopic (exact) mass is 723 g/mol. The van der Waals surface area contributed by atoms with Gasteiger partial charge in [0.15, 0.2) is 0 Å². The maximum absolute atomic E-state index is 13.1. The Balaban J connectivity index is 0.000000419. The number of carboxylic acid groups (broad SMARTS) is 1. The second kappa shape index (κ2) is 25.0. The zero-order valence-electron chi connectivity index (χ0n) is 29.0. The average Bonchev–Trinajstić information content (AvgIpc) is 3.16. The van der Waals surface area contributed by atoms with Crippen LogP contribution in [0.5, 0.6) is 0 Å². The molecular weight excluding hydrogens is 674 g/mol. The zero-order valence-corrected chi connectivity index (χ0v) is 28.0. The van der Waals surface area contributed by atoms with Crippen molar-refractivity contribution in [3.05, 3.63) is 192 Å². The summed E-state index contributed by atoms with van der Waals surface area (Å²) >= 11 is 0. The first-order valence-electron chi connectivity index (χ1n) is 16.7. The van der Waals surface area contributed by atoms with Crippen molar-refractivity contribution in [2.45, 2.75) is 40.8 Å². The Labute approximate surface area is 313 Å². The number of benzene rings is 6. The lowest BCUT2D eigenvalue weighted by Crippen LogP contribution is -2.24. The quantitative estimate of drug-likeness (QED) is 0.138. The van der Waals surface area contributed by atoms with Gasteiger partial charge in [-0.25, -0.2) is 8.78 Å². The summed E-state index contributed by atoms with van der Waals surface area (Å²) < 4.78 is 40.9. The number of aliphatic carboxylic acids is 1. The molecule has 53 heavy (non-hydrogen) atoms. The highest BCUT2D eigenvalue weighted by atomic mass is 19.1. The van der Waals surface area contributed by atoms with Gasteiger partial charge in [0.1, 0.15) is 11.6 Å². The Morgan fingerprint density at radius 2 is 0.981 bits per heavy atom. The first-order chi connectivity index (χ1) is 25.2. The van der Waals surface area contributed by atoms with Crippen LogP contribution in [0.15, 0.2) is 158 Å². The highest BCUT2D eigenvalue weighted by Crippen LogP contribution is 2.20. The Hall–Kier alpha value is -5.99. The molecule has 0 radical (unpaired) electrons. The fourth-order valence-corrected chi connectivity index (χ4v) is 4.83. The summed E-state index contributed by atoms with van der Waals surface area (Å²) in [4.78, 5) is 22.5. The van der Waals surface area contributed by atoms with Crippen LogP contribution in [0.25, 0.3) is 22.3 Å². The minimum Gasteiger partial charge on any atom is -0.481 e. The second-order valence-corrected chi connectivity index (χ2v) is 11.1. The summed E-state index contributed by atoms with van der Waals surface area (Å²) in [5, 5.41) is 11.5. The lowest BCUT2D eigenvalue weighted by Gasteiger charge is -2.07. The van der Waals surface area contributed by atoms with Crippen LogP contribution in [0, 0.1) is 11.6 Å². The molecule has 6 aromatic rings. The number of amides is 1. The van der Waals surface area contributed by atoms with Crippen LogP contribution in [0.2, 0.25) is 0 Å². The number of alkyl halides is 1. The van der Waals surface area contributed by atoms with Crippen LogP contribution in [-0.4, -0.2) is 24.1 Å². The molecule has 0 aliphatic heterocycles. The number of nitrogens with one attached hydrogen (secondary N) is 1.